The van der Waals surface area contributed by atoms with Gasteiger partial charge in [0, 0.05) is 11.3 Å². The molecule has 2 atom stereocenters. The van der Waals surface area contributed by atoms with Crippen molar-refractivity contribution in [2.45, 2.75) is 26.7 Å². The van der Waals surface area contributed by atoms with Gasteiger partial charge in [-0.3, -0.25) is 19.3 Å². The number of amides is 3. The number of hydrogen-bond donors (Lipinski definition) is 1. The number of anilines is 2. The summed E-state index contributed by atoms with van der Waals surface area (Å²) in [5.74, 6) is -1.71. The van der Waals surface area contributed by atoms with E-state index in [2.05, 4.69) is 5.32 Å². The first-order valence-electron chi connectivity index (χ1n) is 10.6. The van der Waals surface area contributed by atoms with Crippen molar-refractivity contribution < 1.29 is 23.9 Å². The molecular weight excluding hydrogens is 408 g/mol. The topological polar surface area (TPSA) is 92.8 Å². The molecule has 1 saturated heterocycles. The Labute approximate surface area is 186 Å². The minimum atomic E-state index is -0.419. The van der Waals surface area contributed by atoms with Gasteiger partial charge >= 0.3 is 5.97 Å². The first-order chi connectivity index (χ1) is 15.4. The highest BCUT2D eigenvalue weighted by Gasteiger charge is 2.48. The van der Waals surface area contributed by atoms with Crippen LogP contribution in [0, 0.1) is 11.8 Å². The molecule has 32 heavy (non-hydrogen) atoms. The van der Waals surface area contributed by atoms with Crippen LogP contribution in [0.3, 0.4) is 0 Å². The van der Waals surface area contributed by atoms with Gasteiger partial charge in [0.15, 0.2) is 0 Å². The van der Waals surface area contributed by atoms with Crippen molar-refractivity contribution in [1.29, 1.82) is 0 Å². The number of fused-ring (bicyclic) bond motifs is 1. The summed E-state index contributed by atoms with van der Waals surface area (Å²) in [4.78, 5) is 51.2. The molecule has 2 aromatic carbocycles. The molecule has 4 rings (SSSR count). The van der Waals surface area contributed by atoms with Crippen LogP contribution in [0.5, 0.6) is 0 Å². The lowest BCUT2D eigenvalue weighted by Gasteiger charge is -2.18. The number of imide groups is 1. The number of carbonyl (C=O) groups is 4. The van der Waals surface area contributed by atoms with E-state index in [1.54, 1.807) is 55.5 Å². The number of nitrogens with one attached hydrogen (secondary N) is 1. The second-order valence-corrected chi connectivity index (χ2v) is 8.01. The minimum Gasteiger partial charge on any atom is -0.462 e. The Morgan fingerprint density at radius 2 is 1.59 bits per heavy atom. The second kappa shape index (κ2) is 8.78. The van der Waals surface area contributed by atoms with Crippen LogP contribution in [0.4, 0.5) is 11.4 Å². The van der Waals surface area contributed by atoms with Gasteiger partial charge in [-0.1, -0.05) is 11.6 Å². The number of nitrogens with zero attached hydrogens (tertiary/aromatic N) is 1. The predicted octanol–water partition coefficient (Wildman–Crippen LogP) is 3.96. The van der Waals surface area contributed by atoms with Gasteiger partial charge in [0.25, 0.3) is 5.91 Å². The SMILES string of the molecule is CCOC(=O)c1ccc(NC(=O)c2ccc(N3C(=O)[C@H]4CC=C(C)C[C@@H]4C3=O)cc2)cc1. The Bertz CT molecular complexity index is 1100. The quantitative estimate of drug-likeness (QED) is 0.439. The first kappa shape index (κ1) is 21.5. The third-order valence-electron chi connectivity index (χ3n) is 5.86. The van der Waals surface area contributed by atoms with Crippen molar-refractivity contribution in [2.75, 3.05) is 16.8 Å². The van der Waals surface area contributed by atoms with Gasteiger partial charge in [-0.2, -0.15) is 0 Å². The Kier molecular flexibility index (Phi) is 5.90. The van der Waals surface area contributed by atoms with E-state index < -0.39 is 5.97 Å². The van der Waals surface area contributed by atoms with Gasteiger partial charge in [-0.25, -0.2) is 4.79 Å². The van der Waals surface area contributed by atoms with Crippen molar-refractivity contribution in [2.24, 2.45) is 11.8 Å². The van der Waals surface area contributed by atoms with Gasteiger partial charge < -0.3 is 10.1 Å². The van der Waals surface area contributed by atoms with Crippen LogP contribution in [0.15, 0.2) is 60.2 Å². The molecule has 7 heteroatoms. The van der Waals surface area contributed by atoms with E-state index in [9.17, 15) is 19.2 Å². The summed E-state index contributed by atoms with van der Waals surface area (Å²) in [6.07, 6.45) is 3.23. The number of ether oxygens (including phenoxy) is 1. The summed E-state index contributed by atoms with van der Waals surface area (Å²) in [7, 11) is 0. The fourth-order valence-electron chi connectivity index (χ4n) is 4.16. The Hall–Kier alpha value is -3.74. The molecule has 0 saturated carbocycles. The highest BCUT2D eigenvalue weighted by atomic mass is 16.5. The third kappa shape index (κ3) is 4.06. The van der Waals surface area contributed by atoms with Crippen molar-refractivity contribution in [3.63, 3.8) is 0 Å². The summed E-state index contributed by atoms with van der Waals surface area (Å²) in [5.41, 5.74) is 2.93. The second-order valence-electron chi connectivity index (χ2n) is 8.01. The maximum absolute atomic E-state index is 12.8. The minimum absolute atomic E-state index is 0.175. The molecule has 1 aliphatic heterocycles. The van der Waals surface area contributed by atoms with Gasteiger partial charge in [0.2, 0.25) is 11.8 Å². The van der Waals surface area contributed by atoms with Crippen molar-refractivity contribution in [3.8, 4) is 0 Å². The fraction of sp³-hybridized carbons (Fsp3) is 0.280. The normalized spacial score (nSPS) is 19.9. The van der Waals surface area contributed by atoms with E-state index in [0.29, 0.717) is 42.0 Å². The number of carbonyl (C=O) groups excluding carboxylic acids is 4. The van der Waals surface area contributed by atoms with Crippen LogP contribution in [0.2, 0.25) is 0 Å². The fourth-order valence-corrected chi connectivity index (χ4v) is 4.16. The van der Waals surface area contributed by atoms with E-state index in [0.717, 1.165) is 5.57 Å². The average Bonchev–Trinajstić information content (AvgIpc) is 3.04. The van der Waals surface area contributed by atoms with Crippen LogP contribution in [0.1, 0.15) is 47.4 Å². The van der Waals surface area contributed by atoms with E-state index in [4.69, 9.17) is 4.74 Å². The molecule has 0 spiro atoms. The largest absolute Gasteiger partial charge is 0.462 e. The number of rotatable bonds is 5. The zero-order valence-electron chi connectivity index (χ0n) is 18.0. The molecule has 0 unspecified atom stereocenters. The maximum Gasteiger partial charge on any atom is 0.338 e. The molecule has 3 amide bonds. The monoisotopic (exact) mass is 432 g/mol. The number of allylic oxidation sites excluding steroid dienone is 2. The molecule has 0 bridgehead atoms. The van der Waals surface area contributed by atoms with Gasteiger partial charge in [-0.05, 0) is 75.2 Å². The number of hydrogen-bond acceptors (Lipinski definition) is 5. The molecule has 0 aromatic heterocycles. The smallest absolute Gasteiger partial charge is 0.338 e. The van der Waals surface area contributed by atoms with Crippen molar-refractivity contribution in [3.05, 3.63) is 71.3 Å². The number of esters is 1. The zero-order valence-corrected chi connectivity index (χ0v) is 18.0. The molecule has 1 aliphatic carbocycles. The summed E-state index contributed by atoms with van der Waals surface area (Å²) in [5, 5.41) is 2.76. The van der Waals surface area contributed by atoms with Gasteiger partial charge in [-0.15, -0.1) is 0 Å². The molecule has 1 heterocycles. The lowest BCUT2D eigenvalue weighted by molar-refractivity contribution is -0.122. The highest BCUT2D eigenvalue weighted by Crippen LogP contribution is 2.39. The molecular formula is C25H24N2O5. The first-order valence-corrected chi connectivity index (χ1v) is 10.6. The van der Waals surface area contributed by atoms with Crippen molar-refractivity contribution in [1.82, 2.24) is 0 Å². The third-order valence-corrected chi connectivity index (χ3v) is 5.86. The Morgan fingerprint density at radius 1 is 0.969 bits per heavy atom. The average molecular weight is 432 g/mol. The van der Waals surface area contributed by atoms with Gasteiger partial charge in [0.1, 0.15) is 0 Å². The Balaban J connectivity index is 1.44. The maximum atomic E-state index is 12.8. The van der Waals surface area contributed by atoms with Crippen LogP contribution >= 0.6 is 0 Å². The molecule has 1 N–H and O–H groups in total. The molecule has 7 nitrogen and oxygen atoms in total. The molecule has 1 fully saturated rings. The van der Waals surface area contributed by atoms with E-state index in [1.165, 1.54) is 4.90 Å². The highest BCUT2D eigenvalue weighted by molar-refractivity contribution is 6.22. The summed E-state index contributed by atoms with van der Waals surface area (Å²) >= 11 is 0. The summed E-state index contributed by atoms with van der Waals surface area (Å²) in [6, 6.07) is 12.8. The zero-order chi connectivity index (χ0) is 22.8. The van der Waals surface area contributed by atoms with Gasteiger partial charge in [0.05, 0.1) is 29.7 Å². The molecule has 2 aromatic rings. The lowest BCUT2D eigenvalue weighted by atomic mass is 9.82. The summed E-state index contributed by atoms with van der Waals surface area (Å²) < 4.78 is 4.94. The lowest BCUT2D eigenvalue weighted by Crippen LogP contribution is -2.30. The standard InChI is InChI=1S/C25H24N2O5/c1-3-32-25(31)17-5-9-18(10-6-17)26-22(28)16-7-11-19(12-8-16)27-23(29)20-13-4-15(2)14-21(20)24(27)30/h4-12,20-21H,3,13-14H2,1-2H3,(H,26,28)/t20-,21-/m0/s1. The van der Waals surface area contributed by atoms with E-state index in [-0.39, 0.29) is 29.6 Å². The molecule has 2 aliphatic rings. The van der Waals surface area contributed by atoms with E-state index >= 15 is 0 Å². The predicted molar refractivity (Wildman–Crippen MR) is 119 cm³/mol. The molecule has 0 radical (unpaired) electrons. The summed E-state index contributed by atoms with van der Waals surface area (Å²) in [6.45, 7) is 4.01. The van der Waals surface area contributed by atoms with Crippen LogP contribution < -0.4 is 10.2 Å². The van der Waals surface area contributed by atoms with E-state index in [1.807, 2.05) is 13.0 Å². The van der Waals surface area contributed by atoms with Crippen LogP contribution in [0.25, 0.3) is 0 Å². The van der Waals surface area contributed by atoms with Crippen molar-refractivity contribution >= 4 is 35.1 Å². The molecule has 164 valence electrons. The number of benzene rings is 2. The Morgan fingerprint density at radius 3 is 2.25 bits per heavy atom. The van der Waals surface area contributed by atoms with Crippen LogP contribution in [-0.2, 0) is 14.3 Å². The van der Waals surface area contributed by atoms with Crippen LogP contribution in [-0.4, -0.2) is 30.3 Å².